The van der Waals surface area contributed by atoms with Crippen molar-refractivity contribution in [1.29, 1.82) is 0 Å². The second-order valence-corrected chi connectivity index (χ2v) is 10.1. The van der Waals surface area contributed by atoms with Gasteiger partial charge in [0.25, 0.3) is 0 Å². The average Bonchev–Trinajstić information content (AvgIpc) is 3.09. The van der Waals surface area contributed by atoms with Crippen molar-refractivity contribution in [2.45, 2.75) is 66.4 Å². The van der Waals surface area contributed by atoms with Crippen molar-refractivity contribution in [2.75, 3.05) is 39.3 Å². The van der Waals surface area contributed by atoms with Gasteiger partial charge in [0.2, 0.25) is 0 Å². The van der Waals surface area contributed by atoms with Gasteiger partial charge in [-0.1, -0.05) is 0 Å². The number of rotatable bonds is 7. The van der Waals surface area contributed by atoms with Gasteiger partial charge in [0.15, 0.2) is 5.96 Å². The molecule has 1 aromatic heterocycles. The lowest BCUT2D eigenvalue weighted by atomic mass is 9.96. The van der Waals surface area contributed by atoms with Gasteiger partial charge in [0, 0.05) is 56.8 Å². The molecule has 0 aliphatic carbocycles. The zero-order chi connectivity index (χ0) is 22.1. The van der Waals surface area contributed by atoms with Crippen molar-refractivity contribution in [2.24, 2.45) is 10.9 Å². The molecular weight excluding hydrogens is 398 g/mol. The maximum Gasteiger partial charge on any atom is 0.410 e. The van der Waals surface area contributed by atoms with E-state index in [-0.39, 0.29) is 6.09 Å². The monoisotopic (exact) mass is 437 g/mol. The summed E-state index contributed by atoms with van der Waals surface area (Å²) in [6.45, 7) is 16.9. The predicted octanol–water partition coefficient (Wildman–Crippen LogP) is 3.93. The molecule has 2 heterocycles. The summed E-state index contributed by atoms with van der Waals surface area (Å²) in [7, 11) is 0. The minimum Gasteiger partial charge on any atom is -0.444 e. The molecule has 30 heavy (non-hydrogen) atoms. The van der Waals surface area contributed by atoms with E-state index in [1.165, 1.54) is 4.88 Å². The molecule has 1 aliphatic rings. The molecule has 0 unspecified atom stereocenters. The van der Waals surface area contributed by atoms with Gasteiger partial charge >= 0.3 is 6.09 Å². The van der Waals surface area contributed by atoms with Crippen molar-refractivity contribution >= 4 is 23.4 Å². The number of piperidine rings is 1. The van der Waals surface area contributed by atoms with Crippen LogP contribution in [0.4, 0.5) is 4.79 Å². The molecule has 1 amide bonds. The van der Waals surface area contributed by atoms with E-state index in [0.717, 1.165) is 63.0 Å². The second-order valence-electron chi connectivity index (χ2n) is 8.80. The number of carbonyl (C=O) groups is 1. The number of nitrogens with one attached hydrogen (secondary N) is 1. The highest BCUT2D eigenvalue weighted by molar-refractivity contribution is 7.11. The fourth-order valence-electron chi connectivity index (χ4n) is 3.50. The van der Waals surface area contributed by atoms with E-state index in [1.54, 1.807) is 11.3 Å². The van der Waals surface area contributed by atoms with Crippen LogP contribution in [-0.4, -0.2) is 71.7 Å². The molecule has 0 atom stereocenters. The molecule has 7 nitrogen and oxygen atoms in total. The van der Waals surface area contributed by atoms with Gasteiger partial charge in [-0.15, -0.1) is 11.3 Å². The van der Waals surface area contributed by atoms with Crippen LogP contribution in [0.5, 0.6) is 0 Å². The van der Waals surface area contributed by atoms with E-state index in [1.807, 2.05) is 38.8 Å². The number of hydrogen-bond acceptors (Lipinski definition) is 5. The Kier molecular flexibility index (Phi) is 9.39. The van der Waals surface area contributed by atoms with Crippen LogP contribution in [0.3, 0.4) is 0 Å². The highest BCUT2D eigenvalue weighted by atomic mass is 32.1. The number of likely N-dealkylation sites (tertiary alicyclic amines) is 1. The van der Waals surface area contributed by atoms with Crippen LogP contribution < -0.4 is 5.32 Å². The summed E-state index contributed by atoms with van der Waals surface area (Å²) < 4.78 is 5.55. The summed E-state index contributed by atoms with van der Waals surface area (Å²) in [6.07, 6.45) is 4.70. The Hall–Kier alpha value is -1.83. The zero-order valence-corrected chi connectivity index (χ0v) is 20.3. The number of guanidine groups is 1. The first-order chi connectivity index (χ1) is 14.2. The maximum atomic E-state index is 12.4. The van der Waals surface area contributed by atoms with Crippen LogP contribution in [0.25, 0.3) is 0 Å². The normalized spacial score (nSPS) is 15.9. The largest absolute Gasteiger partial charge is 0.444 e. The van der Waals surface area contributed by atoms with E-state index >= 15 is 0 Å². The topological polar surface area (TPSA) is 70.1 Å². The quantitative estimate of drug-likeness (QED) is 0.517. The first-order valence-corrected chi connectivity index (χ1v) is 12.0. The number of aryl methyl sites for hydroxylation is 1. The Morgan fingerprint density at radius 2 is 2.07 bits per heavy atom. The van der Waals surface area contributed by atoms with Crippen LogP contribution in [-0.2, 0) is 11.2 Å². The third kappa shape index (κ3) is 8.13. The van der Waals surface area contributed by atoms with Gasteiger partial charge in [-0.05, 0) is 60.3 Å². The van der Waals surface area contributed by atoms with Gasteiger partial charge in [0.05, 0.1) is 5.01 Å². The van der Waals surface area contributed by atoms with Gasteiger partial charge in [-0.2, -0.15) is 0 Å². The molecule has 0 saturated carbocycles. The molecule has 1 aliphatic heterocycles. The van der Waals surface area contributed by atoms with Crippen LogP contribution in [0, 0.1) is 12.8 Å². The third-order valence-corrected chi connectivity index (χ3v) is 5.99. The fourth-order valence-corrected chi connectivity index (χ4v) is 4.27. The average molecular weight is 438 g/mol. The number of amides is 1. The lowest BCUT2D eigenvalue weighted by Gasteiger charge is -2.36. The maximum absolute atomic E-state index is 12.4. The molecule has 1 fully saturated rings. The van der Waals surface area contributed by atoms with E-state index < -0.39 is 5.60 Å². The molecule has 0 spiro atoms. The highest BCUT2D eigenvalue weighted by Gasteiger charge is 2.27. The van der Waals surface area contributed by atoms with Crippen LogP contribution in [0.2, 0.25) is 0 Å². The van der Waals surface area contributed by atoms with Gasteiger partial charge in [0.1, 0.15) is 5.60 Å². The third-order valence-electron chi connectivity index (χ3n) is 5.02. The molecule has 170 valence electrons. The Morgan fingerprint density at radius 1 is 1.37 bits per heavy atom. The fraction of sp³-hybridized carbons (Fsp3) is 0.773. The number of aromatic nitrogens is 1. The molecule has 0 aromatic carbocycles. The van der Waals surface area contributed by atoms with Crippen LogP contribution in [0.15, 0.2) is 11.2 Å². The summed E-state index contributed by atoms with van der Waals surface area (Å²) in [5, 5.41) is 4.57. The SMILES string of the molecule is CCNC(=NCCc1ncc(C)s1)N1CCC(CN(CC)C(=O)OC(C)(C)C)CC1. The molecule has 1 aromatic rings. The number of hydrogen-bond donors (Lipinski definition) is 1. The number of thiazole rings is 1. The van der Waals surface area contributed by atoms with Gasteiger partial charge in [-0.25, -0.2) is 9.78 Å². The number of nitrogens with zero attached hydrogens (tertiary/aromatic N) is 4. The number of ether oxygens (including phenoxy) is 1. The summed E-state index contributed by atoms with van der Waals surface area (Å²) in [4.78, 5) is 27.1. The lowest BCUT2D eigenvalue weighted by Crippen LogP contribution is -2.48. The van der Waals surface area contributed by atoms with Crippen molar-refractivity contribution in [3.05, 3.63) is 16.1 Å². The second kappa shape index (κ2) is 11.5. The smallest absolute Gasteiger partial charge is 0.410 e. The number of aliphatic imine (C=N–C) groups is 1. The molecular formula is C22H39N5O2S. The van der Waals surface area contributed by atoms with Crippen LogP contribution >= 0.6 is 11.3 Å². The zero-order valence-electron chi connectivity index (χ0n) is 19.5. The summed E-state index contributed by atoms with van der Waals surface area (Å²) in [5.74, 6) is 1.48. The highest BCUT2D eigenvalue weighted by Crippen LogP contribution is 2.20. The molecule has 0 radical (unpaired) electrons. The summed E-state index contributed by atoms with van der Waals surface area (Å²) >= 11 is 1.75. The molecule has 0 bridgehead atoms. The molecule has 8 heteroatoms. The Labute approximate surface area is 185 Å². The molecule has 2 rings (SSSR count). The minimum atomic E-state index is -0.456. The first kappa shape index (κ1) is 24.4. The molecule has 1 saturated heterocycles. The van der Waals surface area contributed by atoms with E-state index in [0.29, 0.717) is 12.5 Å². The lowest BCUT2D eigenvalue weighted by molar-refractivity contribution is 0.0214. The Balaban J connectivity index is 1.85. The van der Waals surface area contributed by atoms with Crippen molar-refractivity contribution in [3.8, 4) is 0 Å². The summed E-state index contributed by atoms with van der Waals surface area (Å²) in [6, 6.07) is 0. The van der Waals surface area contributed by atoms with Crippen molar-refractivity contribution in [1.82, 2.24) is 20.1 Å². The van der Waals surface area contributed by atoms with Crippen molar-refractivity contribution in [3.63, 3.8) is 0 Å². The Morgan fingerprint density at radius 3 is 2.60 bits per heavy atom. The predicted molar refractivity (Wildman–Crippen MR) is 124 cm³/mol. The minimum absolute atomic E-state index is 0.209. The first-order valence-electron chi connectivity index (χ1n) is 11.1. The van der Waals surface area contributed by atoms with Crippen molar-refractivity contribution < 1.29 is 9.53 Å². The van der Waals surface area contributed by atoms with Gasteiger partial charge in [-0.3, -0.25) is 4.99 Å². The van der Waals surface area contributed by atoms with E-state index in [2.05, 4.69) is 29.0 Å². The Bertz CT molecular complexity index is 690. The van der Waals surface area contributed by atoms with E-state index in [4.69, 9.17) is 9.73 Å². The van der Waals surface area contributed by atoms with E-state index in [9.17, 15) is 4.79 Å². The standard InChI is InChI=1S/C22H39N5O2S/c1-7-23-20(24-12-9-19-25-15-17(3)30-19)27-13-10-18(11-14-27)16-26(8-2)21(28)29-22(4,5)6/h15,18H,7-14,16H2,1-6H3,(H,23,24). The molecule has 1 N–H and O–H groups in total. The van der Waals surface area contributed by atoms with Crippen LogP contribution in [0.1, 0.15) is 57.3 Å². The van der Waals surface area contributed by atoms with Gasteiger partial charge < -0.3 is 19.9 Å². The summed E-state index contributed by atoms with van der Waals surface area (Å²) in [5.41, 5.74) is -0.456. The number of carbonyl (C=O) groups excluding carboxylic acids is 1.